The van der Waals surface area contributed by atoms with Gasteiger partial charge < -0.3 is 15.0 Å². The number of nitrogens with zero attached hydrogens (tertiary/aromatic N) is 1. The molecule has 0 saturated carbocycles. The number of rotatable bonds is 7. The minimum atomic E-state index is -0.0266. The van der Waals surface area contributed by atoms with E-state index >= 15 is 0 Å². The molecule has 6 heteroatoms. The van der Waals surface area contributed by atoms with Crippen LogP contribution in [0.4, 0.5) is 0 Å². The third-order valence-corrected chi connectivity index (χ3v) is 5.74. The number of thioether (sulfide) groups is 1. The average Bonchev–Trinajstić information content (AvgIpc) is 2.77. The monoisotopic (exact) mass is 398 g/mol. The fourth-order valence-electron chi connectivity index (χ4n) is 3.14. The van der Waals surface area contributed by atoms with Gasteiger partial charge in [0.15, 0.2) is 0 Å². The first-order chi connectivity index (χ1) is 13.7. The number of benzene rings is 2. The van der Waals surface area contributed by atoms with Crippen LogP contribution in [0.3, 0.4) is 0 Å². The molecule has 28 heavy (non-hydrogen) atoms. The van der Waals surface area contributed by atoms with E-state index in [1.165, 1.54) is 18.2 Å². The van der Waals surface area contributed by atoms with Crippen molar-refractivity contribution < 1.29 is 14.3 Å². The van der Waals surface area contributed by atoms with Gasteiger partial charge in [-0.05, 0) is 55.2 Å². The molecule has 0 aliphatic carbocycles. The Balaban J connectivity index is 1.45. The highest BCUT2D eigenvalue weighted by Crippen LogP contribution is 2.22. The first kappa shape index (κ1) is 20.3. The molecule has 5 nitrogen and oxygen atoms in total. The fraction of sp³-hybridized carbons (Fsp3) is 0.364. The lowest BCUT2D eigenvalue weighted by Crippen LogP contribution is -2.35. The highest BCUT2D eigenvalue weighted by atomic mass is 32.2. The summed E-state index contributed by atoms with van der Waals surface area (Å²) in [6.07, 6.45) is 3.38. The number of carbonyl (C=O) groups excluding carboxylic acids is 2. The number of methoxy groups -OCH3 is 1. The van der Waals surface area contributed by atoms with Crippen LogP contribution in [0, 0.1) is 0 Å². The number of likely N-dealkylation sites (tertiary alicyclic amines) is 1. The smallest absolute Gasteiger partial charge is 0.253 e. The second-order valence-corrected chi connectivity index (χ2v) is 7.84. The summed E-state index contributed by atoms with van der Waals surface area (Å²) in [6.45, 7) is 2.15. The Labute approximate surface area is 170 Å². The standard InChI is InChI=1S/C22H26N2O3S/c1-27-19-6-5-7-20(14-19)28-16-21(25)23-15-17-8-10-18(11-9-17)22(26)24-12-3-2-4-13-24/h5-11,14H,2-4,12-13,15-16H2,1H3,(H,23,25). The Kier molecular flexibility index (Phi) is 7.37. The summed E-state index contributed by atoms with van der Waals surface area (Å²) >= 11 is 1.47. The molecular weight excluding hydrogens is 372 g/mol. The molecule has 0 bridgehead atoms. The third-order valence-electron chi connectivity index (χ3n) is 4.74. The number of piperidine rings is 1. The van der Waals surface area contributed by atoms with Crippen LogP contribution in [0.2, 0.25) is 0 Å². The lowest BCUT2D eigenvalue weighted by atomic mass is 10.1. The molecule has 1 saturated heterocycles. The van der Waals surface area contributed by atoms with Gasteiger partial charge in [0.2, 0.25) is 5.91 Å². The highest BCUT2D eigenvalue weighted by molar-refractivity contribution is 8.00. The van der Waals surface area contributed by atoms with E-state index < -0.39 is 0 Å². The van der Waals surface area contributed by atoms with Gasteiger partial charge in [-0.2, -0.15) is 0 Å². The first-order valence-corrected chi connectivity index (χ1v) is 10.6. The van der Waals surface area contributed by atoms with E-state index in [4.69, 9.17) is 4.74 Å². The molecule has 1 N–H and O–H groups in total. The van der Waals surface area contributed by atoms with Crippen LogP contribution in [0.5, 0.6) is 5.75 Å². The van der Waals surface area contributed by atoms with Gasteiger partial charge in [0.05, 0.1) is 12.9 Å². The van der Waals surface area contributed by atoms with Crippen LogP contribution < -0.4 is 10.1 Å². The Hall–Kier alpha value is -2.47. The van der Waals surface area contributed by atoms with Gasteiger partial charge >= 0.3 is 0 Å². The fourth-order valence-corrected chi connectivity index (χ4v) is 3.91. The Morgan fingerprint density at radius 3 is 2.54 bits per heavy atom. The molecule has 1 aliphatic heterocycles. The van der Waals surface area contributed by atoms with E-state index in [0.717, 1.165) is 42.1 Å². The highest BCUT2D eigenvalue weighted by Gasteiger charge is 2.17. The second kappa shape index (κ2) is 10.2. The number of hydrogen-bond acceptors (Lipinski definition) is 4. The van der Waals surface area contributed by atoms with Crippen LogP contribution in [0.25, 0.3) is 0 Å². The van der Waals surface area contributed by atoms with E-state index in [0.29, 0.717) is 17.9 Å². The largest absolute Gasteiger partial charge is 0.497 e. The minimum Gasteiger partial charge on any atom is -0.497 e. The molecule has 0 atom stereocenters. The number of hydrogen-bond donors (Lipinski definition) is 1. The minimum absolute atomic E-state index is 0.0266. The zero-order valence-corrected chi connectivity index (χ0v) is 17.0. The van der Waals surface area contributed by atoms with Crippen LogP contribution in [0.1, 0.15) is 35.2 Å². The van der Waals surface area contributed by atoms with Crippen molar-refractivity contribution in [1.29, 1.82) is 0 Å². The third kappa shape index (κ3) is 5.76. The predicted molar refractivity (Wildman–Crippen MR) is 112 cm³/mol. The van der Waals surface area contributed by atoms with Crippen molar-refractivity contribution in [3.63, 3.8) is 0 Å². The quantitative estimate of drug-likeness (QED) is 0.722. The van der Waals surface area contributed by atoms with Crippen molar-refractivity contribution in [3.05, 3.63) is 59.7 Å². The maximum Gasteiger partial charge on any atom is 0.253 e. The molecule has 2 amide bonds. The molecule has 0 aromatic heterocycles. The van der Waals surface area contributed by atoms with E-state index in [1.807, 2.05) is 53.4 Å². The Morgan fingerprint density at radius 2 is 1.82 bits per heavy atom. The molecule has 3 rings (SSSR count). The lowest BCUT2D eigenvalue weighted by Gasteiger charge is -2.26. The average molecular weight is 399 g/mol. The molecular formula is C22H26N2O3S. The van der Waals surface area contributed by atoms with Crippen LogP contribution >= 0.6 is 11.8 Å². The second-order valence-electron chi connectivity index (χ2n) is 6.79. The molecule has 0 spiro atoms. The summed E-state index contributed by atoms with van der Waals surface area (Å²) < 4.78 is 5.19. The lowest BCUT2D eigenvalue weighted by molar-refractivity contribution is -0.118. The van der Waals surface area contributed by atoms with Gasteiger partial charge in [-0.1, -0.05) is 18.2 Å². The van der Waals surface area contributed by atoms with E-state index in [2.05, 4.69) is 5.32 Å². The summed E-state index contributed by atoms with van der Waals surface area (Å²) in [5, 5.41) is 2.92. The molecule has 1 aliphatic rings. The van der Waals surface area contributed by atoms with Crippen LogP contribution in [-0.4, -0.2) is 42.7 Å². The van der Waals surface area contributed by atoms with E-state index in [1.54, 1.807) is 7.11 Å². The summed E-state index contributed by atoms with van der Waals surface area (Å²) in [4.78, 5) is 27.5. The van der Waals surface area contributed by atoms with Gasteiger partial charge in [-0.3, -0.25) is 9.59 Å². The normalized spacial score (nSPS) is 13.8. The Bertz CT molecular complexity index is 802. The zero-order chi connectivity index (χ0) is 19.8. The molecule has 148 valence electrons. The maximum absolute atomic E-state index is 12.5. The molecule has 1 fully saturated rings. The van der Waals surface area contributed by atoms with Gasteiger partial charge in [0, 0.05) is 30.1 Å². The van der Waals surface area contributed by atoms with Crippen molar-refractivity contribution in [2.45, 2.75) is 30.7 Å². The summed E-state index contributed by atoms with van der Waals surface area (Å²) in [6, 6.07) is 15.2. The maximum atomic E-state index is 12.5. The van der Waals surface area contributed by atoms with Gasteiger partial charge in [0.25, 0.3) is 5.91 Å². The van der Waals surface area contributed by atoms with Crippen molar-refractivity contribution in [3.8, 4) is 5.75 Å². The van der Waals surface area contributed by atoms with Crippen molar-refractivity contribution >= 4 is 23.6 Å². The van der Waals surface area contributed by atoms with Crippen molar-refractivity contribution in [1.82, 2.24) is 10.2 Å². The van der Waals surface area contributed by atoms with Gasteiger partial charge in [0.1, 0.15) is 5.75 Å². The number of amides is 2. The van der Waals surface area contributed by atoms with E-state index in [-0.39, 0.29) is 11.8 Å². The number of nitrogens with one attached hydrogen (secondary N) is 1. The van der Waals surface area contributed by atoms with Gasteiger partial charge in [-0.15, -0.1) is 11.8 Å². The summed E-state index contributed by atoms with van der Waals surface area (Å²) in [7, 11) is 1.63. The van der Waals surface area contributed by atoms with Crippen LogP contribution in [0.15, 0.2) is 53.4 Å². The molecule has 0 unspecified atom stereocenters. The molecule has 2 aromatic carbocycles. The molecule has 0 radical (unpaired) electrons. The SMILES string of the molecule is COc1cccc(SCC(=O)NCc2ccc(C(=O)N3CCCCC3)cc2)c1. The van der Waals surface area contributed by atoms with Crippen molar-refractivity contribution in [2.75, 3.05) is 26.0 Å². The topological polar surface area (TPSA) is 58.6 Å². The number of carbonyl (C=O) groups is 2. The van der Waals surface area contributed by atoms with E-state index in [9.17, 15) is 9.59 Å². The predicted octanol–water partition coefficient (Wildman–Crippen LogP) is 3.73. The summed E-state index contributed by atoms with van der Waals surface area (Å²) in [5.41, 5.74) is 1.69. The van der Waals surface area contributed by atoms with Crippen LogP contribution in [-0.2, 0) is 11.3 Å². The van der Waals surface area contributed by atoms with Gasteiger partial charge in [-0.25, -0.2) is 0 Å². The number of ether oxygens (including phenoxy) is 1. The Morgan fingerprint density at radius 1 is 1.07 bits per heavy atom. The molecule has 1 heterocycles. The van der Waals surface area contributed by atoms with Crippen molar-refractivity contribution in [2.24, 2.45) is 0 Å². The molecule has 2 aromatic rings. The summed E-state index contributed by atoms with van der Waals surface area (Å²) in [5.74, 6) is 1.20. The first-order valence-electron chi connectivity index (χ1n) is 9.57. The zero-order valence-electron chi connectivity index (χ0n) is 16.1.